The van der Waals surface area contributed by atoms with Gasteiger partial charge in [0.25, 0.3) is 0 Å². The third kappa shape index (κ3) is 5.34. The second-order valence-corrected chi connectivity index (χ2v) is 9.69. The maximum Gasteiger partial charge on any atom is 0.407 e. The number of anilines is 2. The van der Waals surface area contributed by atoms with Crippen molar-refractivity contribution in [1.82, 2.24) is 30.3 Å². The van der Waals surface area contributed by atoms with Gasteiger partial charge in [-0.15, -0.1) is 5.10 Å². The second-order valence-electron chi connectivity index (χ2n) is 9.69. The van der Waals surface area contributed by atoms with Gasteiger partial charge in [0.05, 0.1) is 18.6 Å². The molecule has 2 aliphatic rings. The minimum absolute atomic E-state index is 0.0583. The Balaban J connectivity index is 1.24. The smallest absolute Gasteiger partial charge is 0.407 e. The normalized spacial score (nSPS) is 22.1. The lowest BCUT2D eigenvalue weighted by Gasteiger charge is -2.14. The summed E-state index contributed by atoms with van der Waals surface area (Å²) in [6.45, 7) is 5.95. The van der Waals surface area contributed by atoms with Gasteiger partial charge in [0.2, 0.25) is 5.88 Å². The molecule has 3 atom stereocenters. The molecule has 35 heavy (non-hydrogen) atoms. The number of hydrogen-bond acceptors (Lipinski definition) is 8. The molecule has 0 aromatic carbocycles. The Morgan fingerprint density at radius 3 is 3.03 bits per heavy atom. The molecule has 4 heterocycles. The fraction of sp³-hybridized carbons (Fsp3) is 0.583. The number of nitrogens with zero attached hydrogens (tertiary/aromatic N) is 4. The zero-order valence-electron chi connectivity index (χ0n) is 20.4. The van der Waals surface area contributed by atoms with Crippen LogP contribution in [0, 0.1) is 5.92 Å². The van der Waals surface area contributed by atoms with Crippen LogP contribution in [-0.2, 0) is 16.5 Å². The quantitative estimate of drug-likeness (QED) is 0.443. The highest BCUT2D eigenvalue weighted by Gasteiger charge is 2.30. The molecule has 1 saturated heterocycles. The number of aromatic amines is 1. The highest BCUT2D eigenvalue weighted by atomic mass is 16.6. The summed E-state index contributed by atoms with van der Waals surface area (Å²) in [6, 6.07) is 3.97. The van der Waals surface area contributed by atoms with Crippen LogP contribution in [0.3, 0.4) is 0 Å². The van der Waals surface area contributed by atoms with Gasteiger partial charge in [-0.1, -0.05) is 0 Å². The average Bonchev–Trinajstić information content (AvgIpc) is 3.60. The molecule has 1 aliphatic heterocycles. The first kappa shape index (κ1) is 23.4. The molecule has 1 saturated carbocycles. The van der Waals surface area contributed by atoms with E-state index in [0.29, 0.717) is 30.0 Å². The van der Waals surface area contributed by atoms with Crippen LogP contribution >= 0.6 is 0 Å². The summed E-state index contributed by atoms with van der Waals surface area (Å²) in [5.41, 5.74) is 1.86. The second kappa shape index (κ2) is 10.1. The highest BCUT2D eigenvalue weighted by Crippen LogP contribution is 2.36. The van der Waals surface area contributed by atoms with Gasteiger partial charge >= 0.3 is 6.09 Å². The number of nitrogens with one attached hydrogen (secondary N) is 3. The standard InChI is InChI=1S/C24H33N7O4/c1-14(2)26-24(32)35-17-5-4-16(10-17)19-11-20(29-28-19)27-22-21-18(6-8-25-22)23(30-31(21)3)34-13-15-7-9-33-12-15/h6,8,11,14-17H,4-5,7,9-10,12-13H2,1-3H3,(H,26,32)(H2,25,27,28,29)/t15?,16-,17+/m0/s1. The van der Waals surface area contributed by atoms with E-state index in [1.54, 1.807) is 10.9 Å². The van der Waals surface area contributed by atoms with Crippen molar-refractivity contribution in [3.63, 3.8) is 0 Å². The maximum atomic E-state index is 11.9. The van der Waals surface area contributed by atoms with Crippen LogP contribution in [0.25, 0.3) is 10.9 Å². The Bertz CT molecular complexity index is 1170. The Hall–Kier alpha value is -3.34. The SMILES string of the molecule is CC(C)NC(=O)O[C@@H]1CC[C@H](c2cc(Nc3nccc4c(OCC5CCOC5)nn(C)c34)n[nH]2)C1. The molecule has 3 aromatic rings. The van der Waals surface area contributed by atoms with Crippen LogP contribution < -0.4 is 15.4 Å². The summed E-state index contributed by atoms with van der Waals surface area (Å²) < 4.78 is 18.8. The average molecular weight is 484 g/mol. The lowest BCUT2D eigenvalue weighted by molar-refractivity contribution is 0.0981. The number of alkyl carbamates (subject to hydrolysis) is 1. The number of aryl methyl sites for hydroxylation is 1. The number of carbonyl (C=O) groups is 1. The van der Waals surface area contributed by atoms with Gasteiger partial charge in [-0.05, 0) is 45.6 Å². The Labute approximate surface area is 203 Å². The predicted molar refractivity (Wildman–Crippen MR) is 130 cm³/mol. The van der Waals surface area contributed by atoms with Crippen molar-refractivity contribution in [2.24, 2.45) is 13.0 Å². The number of pyridine rings is 1. The summed E-state index contributed by atoms with van der Waals surface area (Å²) >= 11 is 0. The number of ether oxygens (including phenoxy) is 3. The van der Waals surface area contributed by atoms with Gasteiger partial charge < -0.3 is 24.8 Å². The van der Waals surface area contributed by atoms with Crippen LogP contribution in [0.4, 0.5) is 16.4 Å². The topological polar surface area (TPSA) is 128 Å². The van der Waals surface area contributed by atoms with Crippen molar-refractivity contribution in [2.45, 2.75) is 57.6 Å². The summed E-state index contributed by atoms with van der Waals surface area (Å²) in [4.78, 5) is 16.4. The molecule has 2 fully saturated rings. The van der Waals surface area contributed by atoms with Crippen molar-refractivity contribution >= 4 is 28.6 Å². The van der Waals surface area contributed by atoms with Gasteiger partial charge in [0, 0.05) is 49.5 Å². The molecule has 0 spiro atoms. The highest BCUT2D eigenvalue weighted by molar-refractivity contribution is 5.93. The molecular formula is C24H33N7O4. The molecule has 0 bridgehead atoms. The molecule has 0 radical (unpaired) electrons. The molecule has 3 aromatic heterocycles. The van der Waals surface area contributed by atoms with Crippen LogP contribution in [0.15, 0.2) is 18.3 Å². The van der Waals surface area contributed by atoms with Crippen molar-refractivity contribution in [2.75, 3.05) is 25.1 Å². The van der Waals surface area contributed by atoms with Crippen molar-refractivity contribution in [1.29, 1.82) is 0 Å². The fourth-order valence-corrected chi connectivity index (χ4v) is 4.79. The number of rotatable bonds is 8. The molecule has 11 nitrogen and oxygen atoms in total. The van der Waals surface area contributed by atoms with Crippen molar-refractivity contribution in [3.8, 4) is 5.88 Å². The van der Waals surface area contributed by atoms with E-state index < -0.39 is 0 Å². The number of carbonyl (C=O) groups excluding carboxylic acids is 1. The number of amides is 1. The van der Waals surface area contributed by atoms with Gasteiger partial charge in [0.1, 0.15) is 11.6 Å². The third-order valence-electron chi connectivity index (χ3n) is 6.55. The summed E-state index contributed by atoms with van der Waals surface area (Å²) in [6.07, 6.45) is 4.86. The Morgan fingerprint density at radius 1 is 1.34 bits per heavy atom. The molecule has 1 unspecified atom stereocenters. The van der Waals surface area contributed by atoms with Crippen molar-refractivity contribution in [3.05, 3.63) is 24.0 Å². The summed E-state index contributed by atoms with van der Waals surface area (Å²) in [5.74, 6) is 2.59. The predicted octanol–water partition coefficient (Wildman–Crippen LogP) is 3.62. The monoisotopic (exact) mass is 483 g/mol. The molecule has 188 valence electrons. The lowest BCUT2D eigenvalue weighted by atomic mass is 10.0. The van der Waals surface area contributed by atoms with E-state index in [-0.39, 0.29) is 24.2 Å². The van der Waals surface area contributed by atoms with Crippen LogP contribution in [0.1, 0.15) is 51.1 Å². The lowest BCUT2D eigenvalue weighted by Crippen LogP contribution is -2.33. The number of fused-ring (bicyclic) bond motifs is 1. The molecule has 1 aliphatic carbocycles. The molecule has 11 heteroatoms. The molecular weight excluding hydrogens is 450 g/mol. The largest absolute Gasteiger partial charge is 0.476 e. The number of hydrogen-bond donors (Lipinski definition) is 3. The molecule has 5 rings (SSSR count). The molecule has 3 N–H and O–H groups in total. The zero-order chi connectivity index (χ0) is 24.4. The maximum absolute atomic E-state index is 11.9. The van der Waals surface area contributed by atoms with Crippen LogP contribution in [-0.4, -0.2) is 63.0 Å². The third-order valence-corrected chi connectivity index (χ3v) is 6.55. The van der Waals surface area contributed by atoms with Gasteiger partial charge in [0.15, 0.2) is 11.6 Å². The van der Waals surface area contributed by atoms with E-state index in [0.717, 1.165) is 55.5 Å². The minimum Gasteiger partial charge on any atom is -0.476 e. The van der Waals surface area contributed by atoms with Crippen LogP contribution in [0.5, 0.6) is 5.88 Å². The fourth-order valence-electron chi connectivity index (χ4n) is 4.79. The number of aromatic nitrogens is 5. The Morgan fingerprint density at radius 2 is 2.23 bits per heavy atom. The van der Waals surface area contributed by atoms with Gasteiger partial charge in [-0.2, -0.15) is 5.10 Å². The zero-order valence-corrected chi connectivity index (χ0v) is 20.4. The van der Waals surface area contributed by atoms with Gasteiger partial charge in [-0.25, -0.2) is 9.78 Å². The Kier molecular flexibility index (Phi) is 6.76. The van der Waals surface area contributed by atoms with E-state index in [4.69, 9.17) is 14.2 Å². The summed E-state index contributed by atoms with van der Waals surface area (Å²) in [7, 11) is 1.88. The van der Waals surface area contributed by atoms with Crippen LogP contribution in [0.2, 0.25) is 0 Å². The van der Waals surface area contributed by atoms with E-state index in [2.05, 4.69) is 30.9 Å². The van der Waals surface area contributed by atoms with E-state index >= 15 is 0 Å². The van der Waals surface area contributed by atoms with Crippen molar-refractivity contribution < 1.29 is 19.0 Å². The first-order valence-corrected chi connectivity index (χ1v) is 12.3. The van der Waals surface area contributed by atoms with E-state index in [9.17, 15) is 4.79 Å². The minimum atomic E-state index is -0.354. The first-order chi connectivity index (χ1) is 17.0. The van der Waals surface area contributed by atoms with Gasteiger partial charge in [-0.3, -0.25) is 9.78 Å². The molecule has 1 amide bonds. The first-order valence-electron chi connectivity index (χ1n) is 12.3. The van der Waals surface area contributed by atoms with E-state index in [1.807, 2.05) is 33.0 Å². The summed E-state index contributed by atoms with van der Waals surface area (Å²) in [5, 5.41) is 19.1. The van der Waals surface area contributed by atoms with E-state index in [1.165, 1.54) is 0 Å². The number of H-pyrrole nitrogens is 1.